The number of carbonyl (C=O) groups is 1. The fourth-order valence-corrected chi connectivity index (χ4v) is 3.02. The molecule has 1 unspecified atom stereocenters. The quantitative estimate of drug-likeness (QED) is 0.493. The first kappa shape index (κ1) is 10.9. The summed E-state index contributed by atoms with van der Waals surface area (Å²) in [7, 11) is 5.53. The Kier molecular flexibility index (Phi) is 2.73. The van der Waals surface area contributed by atoms with Gasteiger partial charge in [-0.2, -0.15) is 0 Å². The summed E-state index contributed by atoms with van der Waals surface area (Å²) >= 11 is 0. The second-order valence-corrected chi connectivity index (χ2v) is 5.21. The Hall–Kier alpha value is -0.610. The van der Waals surface area contributed by atoms with Gasteiger partial charge in [-0.05, 0) is 5.92 Å². The molecule has 1 amide bonds. The second kappa shape index (κ2) is 3.76. The molecule has 3 aliphatic rings. The number of nitrogens with zero attached hydrogens (tertiary/aromatic N) is 2. The highest BCUT2D eigenvalue weighted by molar-refractivity contribution is 5.78. The van der Waals surface area contributed by atoms with E-state index in [1.807, 2.05) is 0 Å². The van der Waals surface area contributed by atoms with E-state index in [0.29, 0.717) is 5.92 Å². The van der Waals surface area contributed by atoms with Crippen LogP contribution in [0.4, 0.5) is 0 Å². The standard InChI is InChI=1S/C11H21N2O2/c1-12(15-3)11(14)10-8-13(2)6-4-9(10)5-7-13/h9-10H,4-8H2,1-3H3/q+1. The van der Waals surface area contributed by atoms with E-state index >= 15 is 0 Å². The monoisotopic (exact) mass is 213 g/mol. The first-order valence-corrected chi connectivity index (χ1v) is 5.71. The molecule has 0 aromatic heterocycles. The predicted octanol–water partition coefficient (Wildman–Crippen LogP) is 0.493. The third kappa shape index (κ3) is 1.88. The van der Waals surface area contributed by atoms with Crippen molar-refractivity contribution in [3.05, 3.63) is 0 Å². The molecule has 0 spiro atoms. The number of fused-ring (bicyclic) bond motifs is 3. The molecule has 3 heterocycles. The van der Waals surface area contributed by atoms with Gasteiger partial charge in [-0.15, -0.1) is 0 Å². The maximum absolute atomic E-state index is 12.1. The first-order chi connectivity index (χ1) is 7.06. The van der Waals surface area contributed by atoms with Crippen molar-refractivity contribution in [2.24, 2.45) is 11.8 Å². The molecule has 3 rings (SSSR count). The van der Waals surface area contributed by atoms with Crippen LogP contribution in [0.25, 0.3) is 0 Å². The van der Waals surface area contributed by atoms with Gasteiger partial charge in [-0.3, -0.25) is 9.63 Å². The van der Waals surface area contributed by atoms with Gasteiger partial charge in [0.15, 0.2) is 0 Å². The summed E-state index contributed by atoms with van der Waals surface area (Å²) < 4.78 is 1.07. The van der Waals surface area contributed by atoms with Crippen molar-refractivity contribution < 1.29 is 14.1 Å². The van der Waals surface area contributed by atoms with E-state index in [9.17, 15) is 4.79 Å². The topological polar surface area (TPSA) is 29.5 Å². The number of rotatable bonds is 2. The van der Waals surface area contributed by atoms with Crippen molar-refractivity contribution in [1.29, 1.82) is 0 Å². The van der Waals surface area contributed by atoms with E-state index in [4.69, 9.17) is 4.84 Å². The SMILES string of the molecule is CON(C)C(=O)C1C[N+]2(C)CCC1CC2. The number of amides is 1. The minimum absolute atomic E-state index is 0.159. The van der Waals surface area contributed by atoms with Crippen LogP contribution < -0.4 is 0 Å². The minimum atomic E-state index is 0.159. The lowest BCUT2D eigenvalue weighted by Gasteiger charge is -2.50. The van der Waals surface area contributed by atoms with Crippen LogP contribution in [0.1, 0.15) is 12.8 Å². The molecule has 4 heteroatoms. The molecular formula is C11H21N2O2+. The fraction of sp³-hybridized carbons (Fsp3) is 0.909. The van der Waals surface area contributed by atoms with Crippen molar-refractivity contribution in [2.45, 2.75) is 12.8 Å². The summed E-state index contributed by atoms with van der Waals surface area (Å²) in [6.07, 6.45) is 2.40. The van der Waals surface area contributed by atoms with E-state index in [1.54, 1.807) is 14.2 Å². The van der Waals surface area contributed by atoms with E-state index < -0.39 is 0 Å². The molecule has 1 atom stereocenters. The van der Waals surface area contributed by atoms with E-state index in [1.165, 1.54) is 31.0 Å². The Morgan fingerprint density at radius 1 is 1.40 bits per heavy atom. The Balaban J connectivity index is 2.08. The van der Waals surface area contributed by atoms with Crippen LogP contribution in [-0.4, -0.2) is 56.3 Å². The lowest BCUT2D eigenvalue weighted by atomic mass is 9.77. The molecule has 0 aromatic carbocycles. The average molecular weight is 213 g/mol. The summed E-state index contributed by atoms with van der Waals surface area (Å²) in [5.41, 5.74) is 0. The zero-order valence-corrected chi connectivity index (χ0v) is 9.90. The minimum Gasteiger partial charge on any atom is -0.325 e. The summed E-state index contributed by atoms with van der Waals surface area (Å²) in [6, 6.07) is 0. The number of quaternary nitrogens is 1. The Bertz CT molecular complexity index is 259. The van der Waals surface area contributed by atoms with Crippen LogP contribution in [-0.2, 0) is 9.63 Å². The predicted molar refractivity (Wildman–Crippen MR) is 56.8 cm³/mol. The molecule has 86 valence electrons. The molecule has 15 heavy (non-hydrogen) atoms. The molecule has 0 N–H and O–H groups in total. The molecule has 3 aliphatic heterocycles. The first-order valence-electron chi connectivity index (χ1n) is 5.71. The van der Waals surface area contributed by atoms with Gasteiger partial charge in [-0.25, -0.2) is 5.06 Å². The van der Waals surface area contributed by atoms with Crippen molar-refractivity contribution in [3.8, 4) is 0 Å². The van der Waals surface area contributed by atoms with Crippen LogP contribution in [0.15, 0.2) is 0 Å². The van der Waals surface area contributed by atoms with Crippen LogP contribution >= 0.6 is 0 Å². The Morgan fingerprint density at radius 3 is 2.47 bits per heavy atom. The number of hydrogen-bond acceptors (Lipinski definition) is 2. The van der Waals surface area contributed by atoms with Crippen LogP contribution in [0.5, 0.6) is 0 Å². The molecule has 4 nitrogen and oxygen atoms in total. The maximum Gasteiger partial charge on any atom is 0.254 e. The molecule has 0 saturated carbocycles. The third-order valence-corrected chi connectivity index (χ3v) is 4.19. The summed E-state index contributed by atoms with van der Waals surface area (Å²) in [6.45, 7) is 3.48. The molecule has 0 aliphatic carbocycles. The second-order valence-electron chi connectivity index (χ2n) is 5.21. The summed E-state index contributed by atoms with van der Waals surface area (Å²) in [4.78, 5) is 17.0. The van der Waals surface area contributed by atoms with Crippen molar-refractivity contribution in [1.82, 2.24) is 5.06 Å². The largest absolute Gasteiger partial charge is 0.325 e. The van der Waals surface area contributed by atoms with Gasteiger partial charge in [0.25, 0.3) is 5.91 Å². The van der Waals surface area contributed by atoms with Crippen molar-refractivity contribution in [2.75, 3.05) is 40.8 Å². The number of piperidine rings is 3. The highest BCUT2D eigenvalue weighted by Crippen LogP contribution is 2.37. The average Bonchev–Trinajstić information content (AvgIpc) is 2.27. The van der Waals surface area contributed by atoms with Gasteiger partial charge in [0, 0.05) is 19.9 Å². The van der Waals surface area contributed by atoms with E-state index in [0.717, 1.165) is 11.0 Å². The highest BCUT2D eigenvalue weighted by atomic mass is 16.7. The molecule has 0 radical (unpaired) electrons. The number of hydrogen-bond donors (Lipinski definition) is 0. The van der Waals surface area contributed by atoms with Crippen molar-refractivity contribution >= 4 is 5.91 Å². The molecule has 0 aromatic rings. The Morgan fingerprint density at radius 2 is 2.00 bits per heavy atom. The van der Waals surface area contributed by atoms with Crippen molar-refractivity contribution in [3.63, 3.8) is 0 Å². The normalized spacial score (nSPS) is 39.1. The van der Waals surface area contributed by atoms with Gasteiger partial charge in [0.2, 0.25) is 0 Å². The molecular weight excluding hydrogens is 192 g/mol. The lowest BCUT2D eigenvalue weighted by molar-refractivity contribution is -0.927. The van der Waals surface area contributed by atoms with Gasteiger partial charge in [0.05, 0.1) is 39.7 Å². The summed E-state index contributed by atoms with van der Waals surface area (Å²) in [5, 5.41) is 1.39. The molecule has 2 bridgehead atoms. The smallest absolute Gasteiger partial charge is 0.254 e. The highest BCUT2D eigenvalue weighted by Gasteiger charge is 2.47. The molecule has 3 fully saturated rings. The maximum atomic E-state index is 12.1. The zero-order valence-electron chi connectivity index (χ0n) is 9.90. The van der Waals surface area contributed by atoms with Gasteiger partial charge in [-0.1, -0.05) is 0 Å². The molecule has 3 saturated heterocycles. The van der Waals surface area contributed by atoms with Crippen LogP contribution in [0.2, 0.25) is 0 Å². The fourth-order valence-electron chi connectivity index (χ4n) is 3.02. The van der Waals surface area contributed by atoms with Gasteiger partial charge in [0.1, 0.15) is 0 Å². The van der Waals surface area contributed by atoms with Gasteiger partial charge >= 0.3 is 0 Å². The summed E-state index contributed by atoms with van der Waals surface area (Å²) in [5.74, 6) is 0.934. The van der Waals surface area contributed by atoms with Crippen LogP contribution in [0, 0.1) is 11.8 Å². The van der Waals surface area contributed by atoms with E-state index in [2.05, 4.69) is 7.05 Å². The number of hydroxylamine groups is 2. The van der Waals surface area contributed by atoms with Gasteiger partial charge < -0.3 is 4.48 Å². The Labute approximate surface area is 91.3 Å². The number of carbonyl (C=O) groups excluding carboxylic acids is 1. The third-order valence-electron chi connectivity index (χ3n) is 4.19. The van der Waals surface area contributed by atoms with E-state index in [-0.39, 0.29) is 11.8 Å². The van der Waals surface area contributed by atoms with Crippen LogP contribution in [0.3, 0.4) is 0 Å². The lowest BCUT2D eigenvalue weighted by Crippen LogP contribution is -2.62. The zero-order chi connectivity index (χ0) is 11.1.